The van der Waals surface area contributed by atoms with Crippen LogP contribution in [0.1, 0.15) is 15.9 Å². The van der Waals surface area contributed by atoms with Gasteiger partial charge in [-0.3, -0.25) is 9.59 Å². The lowest BCUT2D eigenvalue weighted by Gasteiger charge is -2.17. The fourth-order valence-corrected chi connectivity index (χ4v) is 3.08. The number of carbonyl (C=O) groups is 2. The van der Waals surface area contributed by atoms with Gasteiger partial charge in [0, 0.05) is 22.3 Å². The summed E-state index contributed by atoms with van der Waals surface area (Å²) in [5.74, 6) is -0.417. The van der Waals surface area contributed by atoms with Crippen LogP contribution >= 0.6 is 27.5 Å². The van der Waals surface area contributed by atoms with Crippen LogP contribution in [0.2, 0.25) is 5.02 Å². The third-order valence-corrected chi connectivity index (χ3v) is 4.98. The highest BCUT2D eigenvalue weighted by atomic mass is 79.9. The summed E-state index contributed by atoms with van der Waals surface area (Å²) in [6.07, 6.45) is 0.847. The number of anilines is 1. The van der Waals surface area contributed by atoms with Crippen LogP contribution in [0.25, 0.3) is 0 Å². The summed E-state index contributed by atoms with van der Waals surface area (Å²) in [4.78, 5) is 26.2. The largest absolute Gasteiger partial charge is 0.343 e. The minimum Gasteiger partial charge on any atom is -0.343 e. The minimum absolute atomic E-state index is 0.0343. The van der Waals surface area contributed by atoms with E-state index in [2.05, 4.69) is 21.2 Å². The molecule has 0 aromatic heterocycles. The first kappa shape index (κ1) is 16.0. The molecule has 0 radical (unpaired) electrons. The van der Waals surface area contributed by atoms with Crippen LogP contribution in [0, 0.1) is 0 Å². The van der Waals surface area contributed by atoms with Crippen LogP contribution in [0.5, 0.6) is 0 Å². The zero-order valence-electron chi connectivity index (χ0n) is 12.2. The summed E-state index contributed by atoms with van der Waals surface area (Å²) in [6.45, 7) is 0.619. The molecule has 0 bridgehead atoms. The van der Waals surface area contributed by atoms with Gasteiger partial charge in [-0.25, -0.2) is 0 Å². The molecule has 0 fully saturated rings. The molecule has 6 heteroatoms. The van der Waals surface area contributed by atoms with Gasteiger partial charge in [0.05, 0.1) is 11.6 Å². The normalized spacial score (nSPS) is 12.9. The molecule has 1 aliphatic rings. The van der Waals surface area contributed by atoms with E-state index in [-0.39, 0.29) is 18.4 Å². The lowest BCUT2D eigenvalue weighted by Crippen LogP contribution is -2.39. The molecule has 0 saturated heterocycles. The molecule has 0 spiro atoms. The van der Waals surface area contributed by atoms with Gasteiger partial charge in [0.1, 0.15) is 0 Å². The Morgan fingerprint density at radius 2 is 2.00 bits per heavy atom. The number of hydrogen-bond donors (Lipinski definition) is 1. The number of benzene rings is 2. The van der Waals surface area contributed by atoms with E-state index < -0.39 is 0 Å². The van der Waals surface area contributed by atoms with E-state index in [9.17, 15) is 9.59 Å². The predicted octanol–water partition coefficient (Wildman–Crippen LogP) is 3.42. The molecular weight excluding hydrogens is 380 g/mol. The van der Waals surface area contributed by atoms with Gasteiger partial charge in [-0.2, -0.15) is 0 Å². The Kier molecular flexibility index (Phi) is 4.68. The predicted molar refractivity (Wildman–Crippen MR) is 94.0 cm³/mol. The average molecular weight is 394 g/mol. The van der Waals surface area contributed by atoms with Crippen molar-refractivity contribution in [2.75, 3.05) is 18.0 Å². The van der Waals surface area contributed by atoms with Gasteiger partial charge in [-0.05, 0) is 52.2 Å². The van der Waals surface area contributed by atoms with Crippen LogP contribution in [0.15, 0.2) is 46.9 Å². The van der Waals surface area contributed by atoms with E-state index in [0.717, 1.165) is 17.7 Å². The zero-order valence-corrected chi connectivity index (χ0v) is 14.5. The van der Waals surface area contributed by atoms with Crippen LogP contribution in [-0.4, -0.2) is 24.9 Å². The number of nitrogens with one attached hydrogen (secondary N) is 1. The molecule has 2 amide bonds. The summed E-state index contributed by atoms with van der Waals surface area (Å²) >= 11 is 9.19. The number of hydrogen-bond acceptors (Lipinski definition) is 2. The van der Waals surface area contributed by atoms with Crippen LogP contribution in [0.4, 0.5) is 5.69 Å². The Hall–Kier alpha value is -1.85. The van der Waals surface area contributed by atoms with E-state index in [1.165, 1.54) is 0 Å². The summed E-state index contributed by atoms with van der Waals surface area (Å²) in [5.41, 5.74) is 2.55. The first-order chi connectivity index (χ1) is 11.1. The maximum atomic E-state index is 12.3. The van der Waals surface area contributed by atoms with E-state index in [0.29, 0.717) is 21.6 Å². The van der Waals surface area contributed by atoms with Crippen molar-refractivity contribution in [3.05, 3.63) is 63.1 Å². The molecule has 0 saturated carbocycles. The summed E-state index contributed by atoms with van der Waals surface area (Å²) in [5, 5.41) is 3.19. The number of carbonyl (C=O) groups excluding carboxylic acids is 2. The number of para-hydroxylation sites is 1. The summed E-state index contributed by atoms with van der Waals surface area (Å²) in [6, 6.07) is 12.7. The first-order valence-corrected chi connectivity index (χ1v) is 8.35. The smallest absolute Gasteiger partial charge is 0.251 e. The van der Waals surface area contributed by atoms with Crippen molar-refractivity contribution in [1.29, 1.82) is 0 Å². The fourth-order valence-electron chi connectivity index (χ4n) is 2.59. The Balaban J connectivity index is 1.63. The zero-order chi connectivity index (χ0) is 16.4. The van der Waals surface area contributed by atoms with Crippen molar-refractivity contribution >= 4 is 45.0 Å². The maximum Gasteiger partial charge on any atom is 0.251 e. The highest BCUT2D eigenvalue weighted by Crippen LogP contribution is 2.27. The van der Waals surface area contributed by atoms with Gasteiger partial charge in [0.15, 0.2) is 0 Å². The topological polar surface area (TPSA) is 49.4 Å². The second kappa shape index (κ2) is 6.72. The van der Waals surface area contributed by atoms with Crippen molar-refractivity contribution in [3.63, 3.8) is 0 Å². The molecule has 1 aliphatic heterocycles. The molecule has 3 rings (SSSR count). The van der Waals surface area contributed by atoms with E-state index in [1.54, 1.807) is 23.1 Å². The molecule has 1 N–H and O–H groups in total. The second-order valence-corrected chi connectivity index (χ2v) is 6.50. The number of rotatable bonds is 3. The van der Waals surface area contributed by atoms with Gasteiger partial charge in [-0.1, -0.05) is 29.8 Å². The van der Waals surface area contributed by atoms with E-state index >= 15 is 0 Å². The van der Waals surface area contributed by atoms with E-state index in [4.69, 9.17) is 11.6 Å². The van der Waals surface area contributed by atoms with Gasteiger partial charge in [0.25, 0.3) is 5.91 Å². The van der Waals surface area contributed by atoms with Crippen molar-refractivity contribution in [1.82, 2.24) is 5.32 Å². The summed E-state index contributed by atoms with van der Waals surface area (Å²) < 4.78 is 0.645. The van der Waals surface area contributed by atoms with Crippen LogP contribution < -0.4 is 10.2 Å². The quantitative estimate of drug-likeness (QED) is 0.868. The molecule has 2 aromatic carbocycles. The lowest BCUT2D eigenvalue weighted by atomic mass is 10.2. The molecule has 1 heterocycles. The first-order valence-electron chi connectivity index (χ1n) is 7.18. The van der Waals surface area contributed by atoms with Crippen molar-refractivity contribution in [2.45, 2.75) is 6.42 Å². The van der Waals surface area contributed by atoms with Gasteiger partial charge >= 0.3 is 0 Å². The Morgan fingerprint density at radius 1 is 1.22 bits per heavy atom. The van der Waals surface area contributed by atoms with Gasteiger partial charge in [-0.15, -0.1) is 0 Å². The number of fused-ring (bicyclic) bond motifs is 1. The Bertz CT molecular complexity index is 779. The third kappa shape index (κ3) is 3.41. The number of amides is 2. The van der Waals surface area contributed by atoms with E-state index in [1.807, 2.05) is 24.3 Å². The molecule has 2 aromatic rings. The monoisotopic (exact) mass is 392 g/mol. The lowest BCUT2D eigenvalue weighted by molar-refractivity contribution is -0.117. The molecule has 0 aliphatic carbocycles. The van der Waals surface area contributed by atoms with Gasteiger partial charge < -0.3 is 10.2 Å². The standard InChI is InChI=1S/C17H14BrClN2O2/c18-13-9-12(5-6-14(13)19)17(23)20-10-16(22)21-8-7-11-3-1-2-4-15(11)21/h1-6,9H,7-8,10H2,(H,20,23). The molecule has 118 valence electrons. The van der Waals surface area contributed by atoms with Gasteiger partial charge in [0.2, 0.25) is 5.91 Å². The fraction of sp³-hybridized carbons (Fsp3) is 0.176. The molecule has 23 heavy (non-hydrogen) atoms. The van der Waals surface area contributed by atoms with Crippen LogP contribution in [0.3, 0.4) is 0 Å². The molecule has 0 atom stereocenters. The third-order valence-electron chi connectivity index (χ3n) is 3.77. The van der Waals surface area contributed by atoms with Crippen molar-refractivity contribution in [2.24, 2.45) is 0 Å². The van der Waals surface area contributed by atoms with Crippen molar-refractivity contribution < 1.29 is 9.59 Å². The minimum atomic E-state index is -0.303. The van der Waals surface area contributed by atoms with Crippen molar-refractivity contribution in [3.8, 4) is 0 Å². The summed E-state index contributed by atoms with van der Waals surface area (Å²) in [7, 11) is 0. The average Bonchev–Trinajstić information content (AvgIpc) is 2.99. The number of halogens is 2. The molecule has 4 nitrogen and oxygen atoms in total. The number of nitrogens with zero attached hydrogens (tertiary/aromatic N) is 1. The highest BCUT2D eigenvalue weighted by Gasteiger charge is 2.24. The second-order valence-electron chi connectivity index (χ2n) is 5.24. The van der Waals surface area contributed by atoms with Crippen LogP contribution in [-0.2, 0) is 11.2 Å². The highest BCUT2D eigenvalue weighted by molar-refractivity contribution is 9.10. The molecule has 0 unspecified atom stereocenters. The SMILES string of the molecule is O=C(NCC(=O)N1CCc2ccccc21)c1ccc(Cl)c(Br)c1. The maximum absolute atomic E-state index is 12.3. The molecular formula is C17H14BrClN2O2. The Labute approximate surface area is 147 Å². The Morgan fingerprint density at radius 3 is 2.78 bits per heavy atom.